The van der Waals surface area contributed by atoms with Gasteiger partial charge in [0, 0.05) is 52.5 Å². The maximum absolute atomic E-state index is 12.4. The van der Waals surface area contributed by atoms with E-state index in [1.807, 2.05) is 0 Å². The first-order chi connectivity index (χ1) is 11.3. The van der Waals surface area contributed by atoms with Crippen molar-refractivity contribution in [3.63, 3.8) is 0 Å². The van der Waals surface area contributed by atoms with E-state index in [4.69, 9.17) is 0 Å². The number of carbonyl (C=O) groups excluding carboxylic acids is 2. The van der Waals surface area contributed by atoms with Crippen LogP contribution in [0.5, 0.6) is 0 Å². The van der Waals surface area contributed by atoms with Gasteiger partial charge in [-0.1, -0.05) is 0 Å². The third-order valence-electron chi connectivity index (χ3n) is 4.00. The van der Waals surface area contributed by atoms with E-state index in [1.165, 1.54) is 36.5 Å². The molecular weight excluding hydrogens is 332 g/mol. The largest absolute Gasteiger partial charge is 0.343 e. The number of sulfonamides is 1. The summed E-state index contributed by atoms with van der Waals surface area (Å²) in [6, 6.07) is 2.97. The first kappa shape index (κ1) is 18.3. The molecule has 9 heteroatoms. The molecule has 0 atom stereocenters. The summed E-state index contributed by atoms with van der Waals surface area (Å²) in [4.78, 5) is 30.8. The number of pyridine rings is 1. The summed E-state index contributed by atoms with van der Waals surface area (Å²) in [6.07, 6.45) is 4.14. The van der Waals surface area contributed by atoms with Gasteiger partial charge in [-0.2, -0.15) is 4.31 Å². The van der Waals surface area contributed by atoms with E-state index in [2.05, 4.69) is 4.98 Å². The first-order valence-corrected chi connectivity index (χ1v) is 9.14. The first-order valence-electron chi connectivity index (χ1n) is 7.70. The second-order valence-corrected chi connectivity index (χ2v) is 7.79. The number of rotatable bonds is 7. The zero-order valence-corrected chi connectivity index (χ0v) is 14.7. The van der Waals surface area contributed by atoms with Crippen LogP contribution in [0.3, 0.4) is 0 Å². The molecule has 0 saturated carbocycles. The molecule has 0 aliphatic carbocycles. The molecule has 0 spiro atoms. The molecule has 1 aromatic heterocycles. The van der Waals surface area contributed by atoms with Gasteiger partial charge in [0.05, 0.1) is 6.54 Å². The maximum Gasteiger partial charge on any atom is 0.244 e. The molecule has 8 nitrogen and oxygen atoms in total. The summed E-state index contributed by atoms with van der Waals surface area (Å²) in [7, 11) is -0.784. The Labute approximate surface area is 142 Å². The number of amides is 2. The lowest BCUT2D eigenvalue weighted by atomic mass is 10.4. The summed E-state index contributed by atoms with van der Waals surface area (Å²) < 4.78 is 25.7. The van der Waals surface area contributed by atoms with Crippen LogP contribution in [0.25, 0.3) is 0 Å². The molecule has 0 aromatic carbocycles. The Bertz CT molecular complexity index is 693. The Kier molecular flexibility index (Phi) is 5.89. The average molecular weight is 354 g/mol. The van der Waals surface area contributed by atoms with Crippen LogP contribution in [-0.4, -0.2) is 79.6 Å². The normalized spacial score (nSPS) is 15.1. The van der Waals surface area contributed by atoms with Crippen molar-refractivity contribution >= 4 is 21.8 Å². The lowest BCUT2D eigenvalue weighted by Gasteiger charge is -2.24. The highest BCUT2D eigenvalue weighted by molar-refractivity contribution is 7.89. The van der Waals surface area contributed by atoms with Crippen molar-refractivity contribution < 1.29 is 18.0 Å². The molecule has 24 heavy (non-hydrogen) atoms. The van der Waals surface area contributed by atoms with Crippen molar-refractivity contribution in [3.8, 4) is 0 Å². The van der Waals surface area contributed by atoms with Gasteiger partial charge < -0.3 is 9.80 Å². The van der Waals surface area contributed by atoms with Crippen molar-refractivity contribution in [2.24, 2.45) is 0 Å². The van der Waals surface area contributed by atoms with Gasteiger partial charge in [0.15, 0.2) is 0 Å². The fourth-order valence-electron chi connectivity index (χ4n) is 2.41. The zero-order chi connectivity index (χ0) is 17.7. The molecule has 1 aromatic rings. The zero-order valence-electron chi connectivity index (χ0n) is 13.9. The number of nitrogens with zero attached hydrogens (tertiary/aromatic N) is 4. The third kappa shape index (κ3) is 4.30. The molecule has 1 fully saturated rings. The summed E-state index contributed by atoms with van der Waals surface area (Å²) >= 11 is 0. The van der Waals surface area contributed by atoms with Gasteiger partial charge in [-0.25, -0.2) is 8.42 Å². The van der Waals surface area contributed by atoms with Gasteiger partial charge in [0.2, 0.25) is 21.8 Å². The molecule has 0 bridgehead atoms. The van der Waals surface area contributed by atoms with Gasteiger partial charge in [-0.05, 0) is 18.6 Å². The smallest absolute Gasteiger partial charge is 0.244 e. The Balaban J connectivity index is 1.89. The van der Waals surface area contributed by atoms with Crippen molar-refractivity contribution in [1.82, 2.24) is 19.1 Å². The average Bonchev–Trinajstić information content (AvgIpc) is 2.98. The molecule has 1 aliphatic heterocycles. The van der Waals surface area contributed by atoms with Crippen LogP contribution in [0.4, 0.5) is 0 Å². The SMILES string of the molecule is CN(CCN1CCCC1=O)C(=O)CN(C)S(=O)(=O)c1cccnc1. The fraction of sp³-hybridized carbons (Fsp3) is 0.533. The minimum Gasteiger partial charge on any atom is -0.343 e. The van der Waals surface area contributed by atoms with Crippen LogP contribution in [0.15, 0.2) is 29.4 Å². The van der Waals surface area contributed by atoms with Gasteiger partial charge in [0.25, 0.3) is 0 Å². The molecule has 1 aliphatic rings. The lowest BCUT2D eigenvalue weighted by molar-refractivity contribution is -0.132. The number of aromatic nitrogens is 1. The Hall–Kier alpha value is -2.00. The number of likely N-dealkylation sites (N-methyl/N-ethyl adjacent to an activating group) is 2. The van der Waals surface area contributed by atoms with Crippen molar-refractivity contribution in [2.75, 3.05) is 40.3 Å². The predicted octanol–water partition coefficient (Wildman–Crippen LogP) is -0.217. The number of hydrogen-bond donors (Lipinski definition) is 0. The van der Waals surface area contributed by atoms with E-state index < -0.39 is 10.0 Å². The number of hydrogen-bond acceptors (Lipinski definition) is 5. The standard InChI is InChI=1S/C15H22N4O4S/c1-17(9-10-19-8-4-6-14(19)20)15(21)12-18(2)24(22,23)13-5-3-7-16-11-13/h3,5,7,11H,4,6,8-10,12H2,1-2H3. The number of likely N-dealkylation sites (tertiary alicyclic amines) is 1. The van der Waals surface area contributed by atoms with E-state index >= 15 is 0 Å². The van der Waals surface area contributed by atoms with E-state index in [9.17, 15) is 18.0 Å². The summed E-state index contributed by atoms with van der Waals surface area (Å²) in [6.45, 7) is 1.31. The highest BCUT2D eigenvalue weighted by Crippen LogP contribution is 2.12. The van der Waals surface area contributed by atoms with Crippen LogP contribution in [0.2, 0.25) is 0 Å². The van der Waals surface area contributed by atoms with E-state index in [1.54, 1.807) is 11.9 Å². The molecular formula is C15H22N4O4S. The minimum atomic E-state index is -3.75. The van der Waals surface area contributed by atoms with Gasteiger partial charge >= 0.3 is 0 Å². The highest BCUT2D eigenvalue weighted by Gasteiger charge is 2.25. The summed E-state index contributed by atoms with van der Waals surface area (Å²) in [5, 5.41) is 0. The van der Waals surface area contributed by atoms with Crippen LogP contribution >= 0.6 is 0 Å². The van der Waals surface area contributed by atoms with Crippen LogP contribution in [0.1, 0.15) is 12.8 Å². The predicted molar refractivity (Wildman–Crippen MR) is 87.5 cm³/mol. The lowest BCUT2D eigenvalue weighted by Crippen LogP contribution is -2.42. The van der Waals surface area contributed by atoms with Crippen molar-refractivity contribution in [1.29, 1.82) is 0 Å². The maximum atomic E-state index is 12.4. The van der Waals surface area contributed by atoms with Crippen LogP contribution in [-0.2, 0) is 19.6 Å². The Morgan fingerprint density at radius 2 is 2.12 bits per heavy atom. The number of carbonyl (C=O) groups is 2. The van der Waals surface area contributed by atoms with Crippen molar-refractivity contribution in [2.45, 2.75) is 17.7 Å². The molecule has 0 unspecified atom stereocenters. The molecule has 2 amide bonds. The molecule has 0 radical (unpaired) electrons. The second kappa shape index (κ2) is 7.71. The Morgan fingerprint density at radius 3 is 2.71 bits per heavy atom. The van der Waals surface area contributed by atoms with E-state index in [0.29, 0.717) is 19.5 Å². The minimum absolute atomic E-state index is 0.0469. The monoisotopic (exact) mass is 354 g/mol. The van der Waals surface area contributed by atoms with Gasteiger partial charge in [-0.15, -0.1) is 0 Å². The quantitative estimate of drug-likeness (QED) is 0.675. The molecule has 2 rings (SSSR count). The third-order valence-corrected chi connectivity index (χ3v) is 5.79. The molecule has 0 N–H and O–H groups in total. The summed E-state index contributed by atoms with van der Waals surface area (Å²) in [5.74, 6) is -0.219. The van der Waals surface area contributed by atoms with Crippen LogP contribution < -0.4 is 0 Å². The van der Waals surface area contributed by atoms with Gasteiger partial charge in [0.1, 0.15) is 4.90 Å². The highest BCUT2D eigenvalue weighted by atomic mass is 32.2. The summed E-state index contributed by atoms with van der Waals surface area (Å²) in [5.41, 5.74) is 0. The molecule has 1 saturated heterocycles. The van der Waals surface area contributed by atoms with Crippen molar-refractivity contribution in [3.05, 3.63) is 24.5 Å². The molecule has 132 valence electrons. The Morgan fingerprint density at radius 1 is 1.38 bits per heavy atom. The van der Waals surface area contributed by atoms with Crippen LogP contribution in [0, 0.1) is 0 Å². The van der Waals surface area contributed by atoms with Gasteiger partial charge in [-0.3, -0.25) is 14.6 Å². The second-order valence-electron chi connectivity index (χ2n) is 5.75. The molecule has 2 heterocycles. The topological polar surface area (TPSA) is 90.9 Å². The fourth-order valence-corrected chi connectivity index (χ4v) is 3.50. The van der Waals surface area contributed by atoms with E-state index in [0.717, 1.165) is 17.3 Å². The van der Waals surface area contributed by atoms with E-state index in [-0.39, 0.29) is 23.3 Å².